The van der Waals surface area contributed by atoms with Crippen LogP contribution in [0.4, 0.5) is 0 Å². The van der Waals surface area contributed by atoms with Gasteiger partial charge in [-0.2, -0.15) is 0 Å². The van der Waals surface area contributed by atoms with Crippen LogP contribution in [0, 0.1) is 11.8 Å². The summed E-state index contributed by atoms with van der Waals surface area (Å²) in [6, 6.07) is 5.66. The van der Waals surface area contributed by atoms with Crippen molar-refractivity contribution >= 4 is 7.82 Å². The van der Waals surface area contributed by atoms with Crippen molar-refractivity contribution in [2.45, 2.75) is 118 Å². The van der Waals surface area contributed by atoms with Gasteiger partial charge in [0.15, 0.2) is 0 Å². The van der Waals surface area contributed by atoms with Crippen molar-refractivity contribution in [1.82, 2.24) is 0 Å². The molecule has 0 amide bonds. The molecule has 31 heavy (non-hydrogen) atoms. The molecule has 1 aromatic carbocycles. The third kappa shape index (κ3) is 14.8. The predicted molar refractivity (Wildman–Crippen MR) is 132 cm³/mol. The van der Waals surface area contributed by atoms with E-state index < -0.39 is 7.82 Å². The Labute approximate surface area is 191 Å². The second-order valence-corrected chi connectivity index (χ2v) is 11.0. The highest BCUT2D eigenvalue weighted by atomic mass is 31.2. The van der Waals surface area contributed by atoms with Crippen molar-refractivity contribution in [2.24, 2.45) is 11.8 Å². The average molecular weight is 455 g/mol. The Kier molecular flexibility index (Phi) is 14.5. The molecule has 0 saturated carbocycles. The highest BCUT2D eigenvalue weighted by Crippen LogP contribution is 2.40. The smallest absolute Gasteiger partial charge is 0.404 e. The summed E-state index contributed by atoms with van der Waals surface area (Å²) in [5.41, 5.74) is 2.18. The predicted octanol–water partition coefficient (Wildman–Crippen LogP) is 8.24. The summed E-state index contributed by atoms with van der Waals surface area (Å²) in [4.78, 5) is 18.6. The molecule has 0 aliphatic heterocycles. The van der Waals surface area contributed by atoms with E-state index in [1.807, 2.05) is 6.07 Å². The molecule has 1 aromatic rings. The summed E-state index contributed by atoms with van der Waals surface area (Å²) in [7, 11) is -4.55. The van der Waals surface area contributed by atoms with E-state index in [0.717, 1.165) is 49.5 Å². The van der Waals surface area contributed by atoms with E-state index in [-0.39, 0.29) is 0 Å². The van der Waals surface area contributed by atoms with Crippen LogP contribution in [-0.2, 0) is 17.4 Å². The lowest BCUT2D eigenvalue weighted by Gasteiger charge is -2.16. The number of phosphoric acid groups is 1. The molecule has 5 heteroatoms. The number of aryl methyl sites for hydroxylation is 1. The van der Waals surface area contributed by atoms with Gasteiger partial charge in [0.05, 0.1) is 0 Å². The first-order valence-corrected chi connectivity index (χ1v) is 14.1. The number of benzene rings is 1. The van der Waals surface area contributed by atoms with Crippen LogP contribution >= 0.6 is 7.82 Å². The number of hydrogen-bond acceptors (Lipinski definition) is 2. The maximum atomic E-state index is 11.4. The molecule has 2 N–H and O–H groups in total. The van der Waals surface area contributed by atoms with Crippen LogP contribution in [0.15, 0.2) is 18.2 Å². The van der Waals surface area contributed by atoms with E-state index in [2.05, 4.69) is 33.8 Å². The van der Waals surface area contributed by atoms with E-state index in [1.54, 1.807) is 6.07 Å². The Hall–Kier alpha value is -0.830. The van der Waals surface area contributed by atoms with E-state index in [9.17, 15) is 14.4 Å². The van der Waals surface area contributed by atoms with Gasteiger partial charge in [-0.1, -0.05) is 104 Å². The second kappa shape index (κ2) is 15.9. The fraction of sp³-hybridized carbons (Fsp3) is 0.769. The van der Waals surface area contributed by atoms with Crippen LogP contribution in [0.2, 0.25) is 0 Å². The fourth-order valence-electron chi connectivity index (χ4n) is 4.13. The minimum Gasteiger partial charge on any atom is -0.404 e. The van der Waals surface area contributed by atoms with Gasteiger partial charge < -0.3 is 4.52 Å². The first-order chi connectivity index (χ1) is 14.7. The van der Waals surface area contributed by atoms with Crippen LogP contribution in [0.1, 0.15) is 116 Å². The van der Waals surface area contributed by atoms with Gasteiger partial charge in [0.25, 0.3) is 0 Å². The number of rotatable bonds is 18. The molecule has 0 radical (unpaired) electrons. The third-order valence-corrected chi connectivity index (χ3v) is 6.32. The molecule has 0 fully saturated rings. The molecule has 0 saturated heterocycles. The molecule has 1 rings (SSSR count). The molecular weight excluding hydrogens is 407 g/mol. The summed E-state index contributed by atoms with van der Waals surface area (Å²) in [5, 5.41) is 0. The topological polar surface area (TPSA) is 66.8 Å². The average Bonchev–Trinajstić information content (AvgIpc) is 2.66. The molecule has 0 spiro atoms. The Morgan fingerprint density at radius 2 is 1.23 bits per heavy atom. The zero-order valence-electron chi connectivity index (χ0n) is 20.4. The van der Waals surface area contributed by atoms with Crippen LogP contribution in [0.5, 0.6) is 5.75 Å². The Balaban J connectivity index is 2.55. The molecular formula is C26H47O4P. The van der Waals surface area contributed by atoms with E-state index in [0.29, 0.717) is 5.75 Å². The van der Waals surface area contributed by atoms with E-state index in [1.165, 1.54) is 63.4 Å². The van der Waals surface area contributed by atoms with Crippen LogP contribution < -0.4 is 4.52 Å². The Bertz CT molecular complexity index is 636. The first kappa shape index (κ1) is 28.2. The molecule has 0 unspecified atom stereocenters. The van der Waals surface area contributed by atoms with Crippen molar-refractivity contribution in [3.63, 3.8) is 0 Å². The van der Waals surface area contributed by atoms with Gasteiger partial charge in [0.2, 0.25) is 0 Å². The standard InChI is InChI=1S/C26H47O4P/c1-22(2)16-11-7-5-9-13-18-24-19-15-21-26(30-31(27,28)29)25(24)20-14-10-6-8-12-17-23(3)4/h15,19,21-23H,5-14,16-18,20H2,1-4H3,(H2,27,28,29). The molecule has 0 atom stereocenters. The normalized spacial score (nSPS) is 12.1. The molecule has 180 valence electrons. The molecule has 0 aromatic heterocycles. The molecule has 0 aliphatic rings. The second-order valence-electron chi connectivity index (χ2n) is 9.88. The first-order valence-electron chi connectivity index (χ1n) is 12.5. The van der Waals surface area contributed by atoms with Crippen LogP contribution in [0.3, 0.4) is 0 Å². The molecule has 0 heterocycles. The van der Waals surface area contributed by atoms with Gasteiger partial charge >= 0.3 is 7.82 Å². The Morgan fingerprint density at radius 3 is 1.74 bits per heavy atom. The van der Waals surface area contributed by atoms with Crippen molar-refractivity contribution in [2.75, 3.05) is 0 Å². The van der Waals surface area contributed by atoms with Gasteiger partial charge in [0.1, 0.15) is 5.75 Å². The molecule has 4 nitrogen and oxygen atoms in total. The van der Waals surface area contributed by atoms with Gasteiger partial charge in [-0.3, -0.25) is 9.79 Å². The van der Waals surface area contributed by atoms with Crippen molar-refractivity contribution < 1.29 is 18.9 Å². The van der Waals surface area contributed by atoms with Gasteiger partial charge in [-0.15, -0.1) is 0 Å². The highest BCUT2D eigenvalue weighted by Gasteiger charge is 2.19. The summed E-state index contributed by atoms with van der Waals surface area (Å²) in [6.45, 7) is 9.09. The lowest BCUT2D eigenvalue weighted by molar-refractivity contribution is 0.282. The maximum absolute atomic E-state index is 11.4. The van der Waals surface area contributed by atoms with Crippen LogP contribution in [-0.4, -0.2) is 9.79 Å². The van der Waals surface area contributed by atoms with E-state index >= 15 is 0 Å². The highest BCUT2D eigenvalue weighted by molar-refractivity contribution is 7.46. The zero-order valence-corrected chi connectivity index (χ0v) is 21.3. The van der Waals surface area contributed by atoms with Crippen molar-refractivity contribution in [3.8, 4) is 5.75 Å². The van der Waals surface area contributed by atoms with Crippen LogP contribution in [0.25, 0.3) is 0 Å². The van der Waals surface area contributed by atoms with Crippen molar-refractivity contribution in [1.29, 1.82) is 0 Å². The molecule has 0 aliphatic carbocycles. The van der Waals surface area contributed by atoms with Gasteiger partial charge in [-0.25, -0.2) is 4.57 Å². The number of hydrogen-bond donors (Lipinski definition) is 2. The minimum absolute atomic E-state index is 0.363. The zero-order chi connectivity index (χ0) is 23.1. The summed E-state index contributed by atoms with van der Waals surface area (Å²) in [6.07, 6.45) is 16.5. The summed E-state index contributed by atoms with van der Waals surface area (Å²) in [5.74, 6) is 1.92. The quantitative estimate of drug-likeness (QED) is 0.173. The van der Waals surface area contributed by atoms with Gasteiger partial charge in [-0.05, 0) is 54.7 Å². The number of phosphoric ester groups is 1. The SMILES string of the molecule is CC(C)CCCCCCCc1cccc(OP(=O)(O)O)c1CCCCCCCC(C)C. The lowest BCUT2D eigenvalue weighted by Crippen LogP contribution is -2.01. The summed E-state index contributed by atoms with van der Waals surface area (Å²) < 4.78 is 16.5. The third-order valence-electron chi connectivity index (χ3n) is 5.88. The maximum Gasteiger partial charge on any atom is 0.524 e. The fourth-order valence-corrected chi connectivity index (χ4v) is 4.55. The minimum atomic E-state index is -4.55. The lowest BCUT2D eigenvalue weighted by atomic mass is 9.95. The number of unbranched alkanes of at least 4 members (excludes halogenated alkanes) is 8. The Morgan fingerprint density at radius 1 is 0.742 bits per heavy atom. The monoisotopic (exact) mass is 454 g/mol. The van der Waals surface area contributed by atoms with Gasteiger partial charge in [0, 0.05) is 0 Å². The molecule has 0 bridgehead atoms. The summed E-state index contributed by atoms with van der Waals surface area (Å²) >= 11 is 0. The largest absolute Gasteiger partial charge is 0.524 e. The van der Waals surface area contributed by atoms with Crippen molar-refractivity contribution in [3.05, 3.63) is 29.3 Å². The van der Waals surface area contributed by atoms with E-state index in [4.69, 9.17) is 4.52 Å².